The van der Waals surface area contributed by atoms with Crippen molar-refractivity contribution in [1.29, 1.82) is 0 Å². The number of hydrogen-bond donors (Lipinski definition) is 2. The average Bonchev–Trinajstić information content (AvgIpc) is 2.27. The summed E-state index contributed by atoms with van der Waals surface area (Å²) >= 11 is 5.42. The normalized spacial score (nSPS) is 11.4. The van der Waals surface area contributed by atoms with E-state index in [2.05, 4.69) is 0 Å². The van der Waals surface area contributed by atoms with Crippen molar-refractivity contribution in [2.75, 3.05) is 6.61 Å². The third kappa shape index (κ3) is 3.52. The van der Waals surface area contributed by atoms with Crippen LogP contribution in [0.2, 0.25) is 0 Å². The molecule has 0 aliphatic rings. The first-order valence-electron chi connectivity index (χ1n) is 4.59. The number of rotatable bonds is 4. The lowest BCUT2D eigenvalue weighted by Crippen LogP contribution is -2.29. The molecule has 0 aromatic heterocycles. The highest BCUT2D eigenvalue weighted by molar-refractivity contribution is 6.58. The Morgan fingerprint density at radius 2 is 2.25 bits per heavy atom. The summed E-state index contributed by atoms with van der Waals surface area (Å²) in [6.07, 6.45) is 0. The highest BCUT2D eigenvalue weighted by Gasteiger charge is 2.14. The summed E-state index contributed by atoms with van der Waals surface area (Å²) in [5.41, 5.74) is 2.24. The van der Waals surface area contributed by atoms with Crippen LogP contribution in [0.15, 0.2) is 29.3 Å². The summed E-state index contributed by atoms with van der Waals surface area (Å²) in [5, 5.41) is 17.8. The first kappa shape index (κ1) is 13.0. The summed E-state index contributed by atoms with van der Waals surface area (Å²) in [7, 11) is -1.65. The van der Waals surface area contributed by atoms with Crippen molar-refractivity contribution >= 4 is 24.2 Å². The van der Waals surface area contributed by atoms with Gasteiger partial charge in [0.05, 0.1) is 0 Å². The maximum absolute atomic E-state index is 13.2. The van der Waals surface area contributed by atoms with E-state index in [1.807, 2.05) is 0 Å². The van der Waals surface area contributed by atoms with E-state index in [4.69, 9.17) is 26.4 Å². The van der Waals surface area contributed by atoms with E-state index in [-0.39, 0.29) is 17.8 Å². The van der Waals surface area contributed by atoms with Crippen LogP contribution in [0.4, 0.5) is 4.39 Å². The highest BCUT2D eigenvalue weighted by Crippen LogP contribution is 2.15. The summed E-state index contributed by atoms with van der Waals surface area (Å²) in [6, 6.07) is 3.63. The predicted octanol–water partition coefficient (Wildman–Crippen LogP) is 1.03. The monoisotopic (exact) mass is 244 g/mol. The van der Waals surface area contributed by atoms with Gasteiger partial charge >= 0.3 is 7.12 Å². The molecule has 3 nitrogen and oxygen atoms in total. The third-order valence-corrected chi connectivity index (χ3v) is 2.27. The Morgan fingerprint density at radius 3 is 2.81 bits per heavy atom. The van der Waals surface area contributed by atoms with Gasteiger partial charge in [-0.25, -0.2) is 4.39 Å². The maximum atomic E-state index is 13.2. The summed E-state index contributed by atoms with van der Waals surface area (Å²) in [6.45, 7) is 1.88. The summed E-state index contributed by atoms with van der Waals surface area (Å²) in [4.78, 5) is 0. The van der Waals surface area contributed by atoms with Crippen LogP contribution in [0.5, 0.6) is 5.75 Å². The van der Waals surface area contributed by atoms with Gasteiger partial charge in [0.25, 0.3) is 0 Å². The van der Waals surface area contributed by atoms with Crippen molar-refractivity contribution in [1.82, 2.24) is 0 Å². The Kier molecular flexibility index (Phi) is 4.80. The Balaban J connectivity index is 2.82. The number of ether oxygens (including phenoxy) is 1. The molecule has 0 radical (unpaired) electrons. The molecule has 6 heteroatoms. The van der Waals surface area contributed by atoms with E-state index in [0.717, 1.165) is 11.6 Å². The van der Waals surface area contributed by atoms with Gasteiger partial charge in [-0.15, -0.1) is 0 Å². The Bertz CT molecular complexity index is 396. The van der Waals surface area contributed by atoms with Gasteiger partial charge in [-0.05, 0) is 30.1 Å². The molecule has 0 bridgehead atoms. The Morgan fingerprint density at radius 1 is 1.56 bits per heavy atom. The van der Waals surface area contributed by atoms with Crippen LogP contribution in [0.25, 0.3) is 0 Å². The fourth-order valence-electron chi connectivity index (χ4n) is 1.01. The zero-order valence-corrected chi connectivity index (χ0v) is 9.41. The fourth-order valence-corrected chi connectivity index (χ4v) is 1.08. The van der Waals surface area contributed by atoms with E-state index in [1.165, 1.54) is 17.7 Å². The highest BCUT2D eigenvalue weighted by atomic mass is 35.5. The smallest absolute Gasteiger partial charge is 0.486 e. The van der Waals surface area contributed by atoms with Crippen molar-refractivity contribution < 1.29 is 19.2 Å². The molecular weight excluding hydrogens is 233 g/mol. The number of benzene rings is 1. The van der Waals surface area contributed by atoms with Gasteiger partial charge in [-0.3, -0.25) is 0 Å². The standard InChI is InChI=1S/C10H11BClFO3/c1-7(5-12)6-16-10-4-8(11(14)15)2-3-9(10)13/h2-5,14-15H,6H2,1H3/b7-5-. The molecule has 0 spiro atoms. The molecule has 86 valence electrons. The largest absolute Gasteiger partial charge is 0.488 e. The Hall–Kier alpha value is -1.04. The van der Waals surface area contributed by atoms with Crippen LogP contribution >= 0.6 is 11.6 Å². The van der Waals surface area contributed by atoms with E-state index in [1.54, 1.807) is 6.92 Å². The molecule has 0 atom stereocenters. The molecule has 2 N–H and O–H groups in total. The molecule has 0 heterocycles. The van der Waals surface area contributed by atoms with Gasteiger partial charge in [-0.2, -0.15) is 0 Å². The van der Waals surface area contributed by atoms with Crippen LogP contribution in [0.1, 0.15) is 6.92 Å². The lowest BCUT2D eigenvalue weighted by Gasteiger charge is -2.08. The van der Waals surface area contributed by atoms with Crippen LogP contribution in [-0.4, -0.2) is 23.8 Å². The lowest BCUT2D eigenvalue weighted by molar-refractivity contribution is 0.332. The molecule has 1 aromatic carbocycles. The fraction of sp³-hybridized carbons (Fsp3) is 0.200. The minimum Gasteiger partial charge on any atom is -0.486 e. The second-order valence-electron chi connectivity index (χ2n) is 3.31. The molecule has 0 unspecified atom stereocenters. The summed E-state index contributed by atoms with van der Waals surface area (Å²) in [5.74, 6) is -0.602. The zero-order valence-electron chi connectivity index (χ0n) is 8.65. The molecule has 0 fully saturated rings. The quantitative estimate of drug-likeness (QED) is 0.778. The van der Waals surface area contributed by atoms with Gasteiger partial charge in [-0.1, -0.05) is 17.7 Å². The van der Waals surface area contributed by atoms with Crippen molar-refractivity contribution in [3.05, 3.63) is 35.1 Å². The van der Waals surface area contributed by atoms with Crippen LogP contribution in [-0.2, 0) is 0 Å². The van der Waals surface area contributed by atoms with E-state index >= 15 is 0 Å². The molecule has 0 aliphatic carbocycles. The second-order valence-corrected chi connectivity index (χ2v) is 3.53. The van der Waals surface area contributed by atoms with Gasteiger partial charge in [0.15, 0.2) is 11.6 Å². The average molecular weight is 244 g/mol. The minimum atomic E-state index is -1.65. The molecular formula is C10H11BClFO3. The maximum Gasteiger partial charge on any atom is 0.488 e. The molecule has 0 saturated carbocycles. The van der Waals surface area contributed by atoms with Crippen molar-refractivity contribution in [3.63, 3.8) is 0 Å². The minimum absolute atomic E-state index is 0.0385. The second kappa shape index (κ2) is 5.89. The van der Waals surface area contributed by atoms with E-state index in [9.17, 15) is 4.39 Å². The van der Waals surface area contributed by atoms with E-state index in [0.29, 0.717) is 0 Å². The van der Waals surface area contributed by atoms with Gasteiger partial charge in [0.1, 0.15) is 6.61 Å². The van der Waals surface area contributed by atoms with Crippen molar-refractivity contribution in [3.8, 4) is 5.75 Å². The van der Waals surface area contributed by atoms with Crippen molar-refractivity contribution in [2.24, 2.45) is 0 Å². The molecule has 1 rings (SSSR count). The molecule has 0 saturated heterocycles. The number of halogens is 2. The zero-order chi connectivity index (χ0) is 12.1. The first-order chi connectivity index (χ1) is 7.54. The third-order valence-electron chi connectivity index (χ3n) is 1.90. The van der Waals surface area contributed by atoms with E-state index < -0.39 is 12.9 Å². The summed E-state index contributed by atoms with van der Waals surface area (Å²) < 4.78 is 18.4. The SMILES string of the molecule is C/C(=C/Cl)COc1cc(B(O)O)ccc1F. The first-order valence-corrected chi connectivity index (χ1v) is 5.02. The van der Waals surface area contributed by atoms with Crippen LogP contribution in [0.3, 0.4) is 0 Å². The molecule has 16 heavy (non-hydrogen) atoms. The van der Waals surface area contributed by atoms with Crippen LogP contribution in [0, 0.1) is 5.82 Å². The topological polar surface area (TPSA) is 49.7 Å². The number of hydrogen-bond acceptors (Lipinski definition) is 3. The molecule has 0 amide bonds. The lowest BCUT2D eigenvalue weighted by atomic mass is 9.80. The predicted molar refractivity (Wildman–Crippen MR) is 61.3 cm³/mol. The van der Waals surface area contributed by atoms with Crippen molar-refractivity contribution in [2.45, 2.75) is 6.92 Å². The van der Waals surface area contributed by atoms with Gasteiger partial charge in [0, 0.05) is 5.54 Å². The molecule has 0 aliphatic heterocycles. The molecule has 1 aromatic rings. The Labute approximate surface area is 98.3 Å². The van der Waals surface area contributed by atoms with Crippen LogP contribution < -0.4 is 10.2 Å². The van der Waals surface area contributed by atoms with Gasteiger partial charge < -0.3 is 14.8 Å². The van der Waals surface area contributed by atoms with Gasteiger partial charge in [0.2, 0.25) is 0 Å².